The number of halogens is 2. The van der Waals surface area contributed by atoms with Crippen LogP contribution in [0.25, 0.3) is 28.2 Å². The number of fused-ring (bicyclic) bond motifs is 1. The molecule has 1 heterocycles. The minimum absolute atomic E-state index is 0.0109. The summed E-state index contributed by atoms with van der Waals surface area (Å²) in [5.41, 5.74) is 1.33. The molecule has 0 atom stereocenters. The van der Waals surface area contributed by atoms with Crippen LogP contribution in [-0.2, 0) is 4.79 Å². The van der Waals surface area contributed by atoms with Gasteiger partial charge in [-0.3, -0.25) is 14.9 Å². The van der Waals surface area contributed by atoms with Crippen LogP contribution in [-0.4, -0.2) is 10.8 Å². The Balaban J connectivity index is 1.53. The number of nitro benzene ring substituents is 1. The van der Waals surface area contributed by atoms with Crippen molar-refractivity contribution < 1.29 is 14.1 Å². The minimum Gasteiger partial charge on any atom is -0.422 e. The Morgan fingerprint density at radius 2 is 1.76 bits per heavy atom. The molecule has 164 valence electrons. The normalized spacial score (nSPS) is 11.1. The van der Waals surface area contributed by atoms with E-state index in [4.69, 9.17) is 27.6 Å². The molecule has 33 heavy (non-hydrogen) atoms. The fourth-order valence-electron chi connectivity index (χ4n) is 3.19. The second-order valence-corrected chi connectivity index (χ2v) is 7.78. The highest BCUT2D eigenvalue weighted by atomic mass is 35.5. The van der Waals surface area contributed by atoms with E-state index in [0.717, 1.165) is 5.39 Å². The van der Waals surface area contributed by atoms with Crippen LogP contribution in [0, 0.1) is 10.1 Å². The summed E-state index contributed by atoms with van der Waals surface area (Å²) in [6.07, 6.45) is 2.65. The van der Waals surface area contributed by atoms with E-state index in [1.54, 1.807) is 36.4 Å². The summed E-state index contributed by atoms with van der Waals surface area (Å²) in [6.45, 7) is 0. The van der Waals surface area contributed by atoms with Crippen molar-refractivity contribution >= 4 is 57.5 Å². The summed E-state index contributed by atoms with van der Waals surface area (Å²) in [5, 5.41) is 14.7. The molecule has 0 bridgehead atoms. The van der Waals surface area contributed by atoms with E-state index in [0.29, 0.717) is 28.0 Å². The maximum atomic E-state index is 12.4. The number of nitro groups is 1. The fourth-order valence-corrected chi connectivity index (χ4v) is 3.66. The first-order valence-electron chi connectivity index (χ1n) is 9.57. The quantitative estimate of drug-likeness (QED) is 0.155. The monoisotopic (exact) mass is 480 g/mol. The van der Waals surface area contributed by atoms with Gasteiger partial charge >= 0.3 is 5.63 Å². The number of amides is 1. The van der Waals surface area contributed by atoms with E-state index in [9.17, 15) is 19.7 Å². The van der Waals surface area contributed by atoms with Crippen LogP contribution in [0.2, 0.25) is 10.0 Å². The molecule has 0 saturated heterocycles. The Labute approximate surface area is 197 Å². The first-order chi connectivity index (χ1) is 15.8. The third-order valence-corrected chi connectivity index (χ3v) is 5.39. The fraction of sp³-hybridized carbons (Fsp3) is 0. The molecule has 0 aliphatic heterocycles. The van der Waals surface area contributed by atoms with Gasteiger partial charge in [0.25, 0.3) is 5.69 Å². The molecule has 1 N–H and O–H groups in total. The molecule has 0 radical (unpaired) electrons. The van der Waals surface area contributed by atoms with Crippen LogP contribution < -0.4 is 10.9 Å². The molecule has 9 heteroatoms. The van der Waals surface area contributed by atoms with Crippen molar-refractivity contribution in [1.29, 1.82) is 0 Å². The van der Waals surface area contributed by atoms with Gasteiger partial charge in [0.15, 0.2) is 0 Å². The van der Waals surface area contributed by atoms with E-state index in [2.05, 4.69) is 5.32 Å². The lowest BCUT2D eigenvalue weighted by molar-refractivity contribution is -0.384. The molecule has 7 nitrogen and oxygen atoms in total. The molecule has 0 spiro atoms. The van der Waals surface area contributed by atoms with Crippen molar-refractivity contribution in [2.24, 2.45) is 0 Å². The Hall–Kier alpha value is -3.94. The number of rotatable bonds is 5. The van der Waals surface area contributed by atoms with Gasteiger partial charge in [-0.15, -0.1) is 0 Å². The number of para-hydroxylation sites is 1. The lowest BCUT2D eigenvalue weighted by atomic mass is 10.1. The first-order valence-corrected chi connectivity index (χ1v) is 10.3. The maximum Gasteiger partial charge on any atom is 0.344 e. The predicted octanol–water partition coefficient (Wildman–Crippen LogP) is 6.33. The lowest BCUT2D eigenvalue weighted by Crippen LogP contribution is -2.08. The summed E-state index contributed by atoms with van der Waals surface area (Å²) in [6, 6.07) is 17.8. The van der Waals surface area contributed by atoms with E-state index < -0.39 is 16.5 Å². The molecular weight excluding hydrogens is 467 g/mol. The van der Waals surface area contributed by atoms with Crippen LogP contribution in [0.15, 0.2) is 82.0 Å². The van der Waals surface area contributed by atoms with Crippen molar-refractivity contribution in [1.82, 2.24) is 0 Å². The number of nitrogens with one attached hydrogen (secondary N) is 1. The molecular formula is C24H14Cl2N2O5. The highest BCUT2D eigenvalue weighted by Gasteiger charge is 2.13. The third kappa shape index (κ3) is 4.95. The molecule has 0 aliphatic carbocycles. The summed E-state index contributed by atoms with van der Waals surface area (Å²) in [4.78, 5) is 35.1. The van der Waals surface area contributed by atoms with E-state index in [1.807, 2.05) is 12.1 Å². The zero-order valence-electron chi connectivity index (χ0n) is 16.7. The molecule has 1 aromatic heterocycles. The number of hydrogen-bond donors (Lipinski definition) is 1. The minimum atomic E-state index is -0.598. The van der Waals surface area contributed by atoms with E-state index >= 15 is 0 Å². The van der Waals surface area contributed by atoms with Gasteiger partial charge in [-0.25, -0.2) is 4.79 Å². The van der Waals surface area contributed by atoms with Crippen molar-refractivity contribution in [2.75, 3.05) is 5.32 Å². The zero-order chi connectivity index (χ0) is 23.5. The number of nitrogens with zero attached hydrogens (tertiary/aromatic N) is 1. The maximum absolute atomic E-state index is 12.4. The Morgan fingerprint density at radius 1 is 0.970 bits per heavy atom. The van der Waals surface area contributed by atoms with Crippen molar-refractivity contribution in [2.45, 2.75) is 0 Å². The zero-order valence-corrected chi connectivity index (χ0v) is 18.3. The molecule has 1 amide bonds. The van der Waals surface area contributed by atoms with Crippen LogP contribution in [0.3, 0.4) is 0 Å². The highest BCUT2D eigenvalue weighted by Crippen LogP contribution is 2.30. The topological polar surface area (TPSA) is 102 Å². The third-order valence-electron chi connectivity index (χ3n) is 4.76. The second kappa shape index (κ2) is 9.28. The lowest BCUT2D eigenvalue weighted by Gasteiger charge is -2.08. The van der Waals surface area contributed by atoms with Crippen molar-refractivity contribution in [3.63, 3.8) is 0 Å². The summed E-state index contributed by atoms with van der Waals surface area (Å²) >= 11 is 12.2. The van der Waals surface area contributed by atoms with Gasteiger partial charge in [0.2, 0.25) is 5.91 Å². The standard InChI is InChI=1S/C24H14Cl2N2O5/c25-19-9-5-14(11-21(19)28(31)32)6-10-23(29)27-16-7-8-17(20(26)13-16)18-12-15-3-1-2-4-22(15)33-24(18)30/h1-13H,(H,27,29). The van der Waals surface area contributed by atoms with Crippen molar-refractivity contribution in [3.8, 4) is 11.1 Å². The van der Waals surface area contributed by atoms with Gasteiger partial charge < -0.3 is 9.73 Å². The number of hydrogen-bond acceptors (Lipinski definition) is 5. The SMILES string of the molecule is O=C(C=Cc1ccc(Cl)c([N+](=O)[O-])c1)Nc1ccc(-c2cc3ccccc3oc2=O)c(Cl)c1. The van der Waals surface area contributed by atoms with E-state index in [-0.39, 0.29) is 15.7 Å². The summed E-state index contributed by atoms with van der Waals surface area (Å²) in [7, 11) is 0. The summed E-state index contributed by atoms with van der Waals surface area (Å²) in [5.74, 6) is -0.471. The van der Waals surface area contributed by atoms with Crippen LogP contribution in [0.1, 0.15) is 5.56 Å². The largest absolute Gasteiger partial charge is 0.422 e. The molecule has 4 rings (SSSR count). The molecule has 4 aromatic rings. The van der Waals surface area contributed by atoms with Gasteiger partial charge in [0, 0.05) is 28.8 Å². The van der Waals surface area contributed by atoms with Crippen molar-refractivity contribution in [3.05, 3.63) is 109 Å². The Morgan fingerprint density at radius 3 is 2.52 bits per heavy atom. The van der Waals surface area contributed by atoms with Gasteiger partial charge in [0.05, 0.1) is 15.5 Å². The first kappa shape index (κ1) is 22.3. The number of carbonyl (C=O) groups is 1. The van der Waals surface area contributed by atoms with Gasteiger partial charge in [-0.05, 0) is 42.0 Å². The Bertz CT molecular complexity index is 1490. The Kier molecular flexibility index (Phi) is 6.26. The van der Waals surface area contributed by atoms with Gasteiger partial charge in [0.1, 0.15) is 10.6 Å². The molecule has 0 unspecified atom stereocenters. The highest BCUT2D eigenvalue weighted by molar-refractivity contribution is 6.33. The number of benzene rings is 3. The van der Waals surface area contributed by atoms with Crippen LogP contribution in [0.4, 0.5) is 11.4 Å². The number of anilines is 1. The smallest absolute Gasteiger partial charge is 0.344 e. The molecule has 3 aromatic carbocycles. The van der Waals surface area contributed by atoms with E-state index in [1.165, 1.54) is 30.4 Å². The molecule has 0 aliphatic rings. The van der Waals surface area contributed by atoms with Gasteiger partial charge in [-0.2, -0.15) is 0 Å². The predicted molar refractivity (Wildman–Crippen MR) is 129 cm³/mol. The number of carbonyl (C=O) groups excluding carboxylic acids is 1. The average molecular weight is 481 g/mol. The van der Waals surface area contributed by atoms with Crippen LogP contribution >= 0.6 is 23.2 Å². The van der Waals surface area contributed by atoms with Gasteiger partial charge in [-0.1, -0.05) is 53.5 Å². The molecule has 0 saturated carbocycles. The molecule has 0 fully saturated rings. The summed E-state index contributed by atoms with van der Waals surface area (Å²) < 4.78 is 5.36. The second-order valence-electron chi connectivity index (χ2n) is 6.97. The average Bonchev–Trinajstić information content (AvgIpc) is 2.78. The van der Waals surface area contributed by atoms with Crippen LogP contribution in [0.5, 0.6) is 0 Å².